The van der Waals surface area contributed by atoms with Crippen LogP contribution in [0.25, 0.3) is 0 Å². The lowest BCUT2D eigenvalue weighted by molar-refractivity contribution is 0.0157. The highest BCUT2D eigenvalue weighted by Gasteiger charge is 2.15. The molecule has 1 atom stereocenters. The van der Waals surface area contributed by atoms with Crippen molar-refractivity contribution in [2.45, 2.75) is 31.8 Å². The Balaban J connectivity index is 1.89. The first kappa shape index (κ1) is 8.97. The summed E-state index contributed by atoms with van der Waals surface area (Å²) in [5, 5.41) is 6.82. The van der Waals surface area contributed by atoms with Gasteiger partial charge in [-0.1, -0.05) is 0 Å². The summed E-state index contributed by atoms with van der Waals surface area (Å²) in [6, 6.07) is 0. The molecule has 1 saturated heterocycles. The van der Waals surface area contributed by atoms with Gasteiger partial charge in [-0.25, -0.2) is 4.98 Å². The van der Waals surface area contributed by atoms with Crippen LogP contribution in [0.5, 0.6) is 0 Å². The molecule has 1 aromatic rings. The van der Waals surface area contributed by atoms with E-state index in [-0.39, 0.29) is 11.4 Å². The Morgan fingerprint density at radius 3 is 3.08 bits per heavy atom. The maximum atomic E-state index is 5.58. The van der Waals surface area contributed by atoms with Gasteiger partial charge >= 0.3 is 0 Å². The Labute approximate surface area is 81.6 Å². The fraction of sp³-hybridized carbons (Fsp3) is 0.750. The van der Waals surface area contributed by atoms with Gasteiger partial charge in [0.15, 0.2) is 0 Å². The zero-order chi connectivity index (χ0) is 9.10. The van der Waals surface area contributed by atoms with E-state index in [0.717, 1.165) is 25.3 Å². The first-order chi connectivity index (χ1) is 6.34. The van der Waals surface area contributed by atoms with E-state index in [1.165, 1.54) is 12.8 Å². The van der Waals surface area contributed by atoms with Crippen LogP contribution >= 0.6 is 11.6 Å². The molecule has 1 aliphatic heterocycles. The molecule has 2 heterocycles. The topological polar surface area (TPSA) is 50.8 Å². The molecule has 0 saturated carbocycles. The van der Waals surface area contributed by atoms with Gasteiger partial charge in [0.2, 0.25) is 5.28 Å². The first-order valence-corrected chi connectivity index (χ1v) is 4.91. The van der Waals surface area contributed by atoms with Crippen LogP contribution in [-0.2, 0) is 11.2 Å². The van der Waals surface area contributed by atoms with Crippen LogP contribution in [-0.4, -0.2) is 27.9 Å². The molecule has 1 aromatic heterocycles. The minimum atomic E-state index is 0.283. The second-order valence-electron chi connectivity index (χ2n) is 3.24. The zero-order valence-electron chi connectivity index (χ0n) is 7.29. The van der Waals surface area contributed by atoms with Gasteiger partial charge in [-0.3, -0.25) is 5.10 Å². The summed E-state index contributed by atoms with van der Waals surface area (Å²) in [6.07, 6.45) is 4.61. The minimum absolute atomic E-state index is 0.283. The van der Waals surface area contributed by atoms with Crippen LogP contribution in [0.4, 0.5) is 0 Å². The second-order valence-corrected chi connectivity index (χ2v) is 3.58. The quantitative estimate of drug-likeness (QED) is 0.790. The molecule has 0 bridgehead atoms. The van der Waals surface area contributed by atoms with Crippen molar-refractivity contribution in [1.82, 2.24) is 15.2 Å². The number of hydrogen-bond donors (Lipinski definition) is 1. The number of rotatable bonds is 2. The molecule has 13 heavy (non-hydrogen) atoms. The van der Waals surface area contributed by atoms with Crippen molar-refractivity contribution in [3.63, 3.8) is 0 Å². The molecule has 1 N–H and O–H groups in total. The van der Waals surface area contributed by atoms with E-state index in [4.69, 9.17) is 16.3 Å². The molecular formula is C8H12ClN3O. The molecule has 1 aliphatic rings. The Morgan fingerprint density at radius 2 is 2.46 bits per heavy atom. The molecule has 0 aliphatic carbocycles. The van der Waals surface area contributed by atoms with E-state index in [2.05, 4.69) is 15.2 Å². The maximum Gasteiger partial charge on any atom is 0.242 e. The van der Waals surface area contributed by atoms with Crippen LogP contribution in [0.2, 0.25) is 5.28 Å². The van der Waals surface area contributed by atoms with Crippen LogP contribution in [0.15, 0.2) is 0 Å². The fourth-order valence-electron chi connectivity index (χ4n) is 1.55. The van der Waals surface area contributed by atoms with Crippen molar-refractivity contribution >= 4 is 11.6 Å². The molecule has 0 spiro atoms. The molecule has 2 rings (SSSR count). The summed E-state index contributed by atoms with van der Waals surface area (Å²) in [4.78, 5) is 4.02. The Morgan fingerprint density at radius 1 is 1.54 bits per heavy atom. The third kappa shape index (κ3) is 2.42. The van der Waals surface area contributed by atoms with Crippen molar-refractivity contribution in [2.24, 2.45) is 0 Å². The van der Waals surface area contributed by atoms with E-state index in [0.29, 0.717) is 0 Å². The predicted molar refractivity (Wildman–Crippen MR) is 48.7 cm³/mol. The number of aromatic nitrogens is 3. The van der Waals surface area contributed by atoms with Gasteiger partial charge in [-0.15, -0.1) is 5.10 Å². The van der Waals surface area contributed by atoms with Crippen molar-refractivity contribution < 1.29 is 4.74 Å². The van der Waals surface area contributed by atoms with E-state index < -0.39 is 0 Å². The predicted octanol–water partition coefficient (Wildman–Crippen LogP) is 1.57. The Bertz CT molecular complexity index is 270. The highest BCUT2D eigenvalue weighted by Crippen LogP contribution is 2.15. The van der Waals surface area contributed by atoms with Crippen LogP contribution in [0.3, 0.4) is 0 Å². The summed E-state index contributed by atoms with van der Waals surface area (Å²) in [5.74, 6) is 0.817. The molecular weight excluding hydrogens is 190 g/mol. The number of ether oxygens (including phenoxy) is 1. The summed E-state index contributed by atoms with van der Waals surface area (Å²) in [5.41, 5.74) is 0. The summed E-state index contributed by atoms with van der Waals surface area (Å²) in [7, 11) is 0. The van der Waals surface area contributed by atoms with Crippen molar-refractivity contribution in [2.75, 3.05) is 6.61 Å². The van der Waals surface area contributed by atoms with Gasteiger partial charge < -0.3 is 4.74 Å². The van der Waals surface area contributed by atoms with Crippen LogP contribution in [0, 0.1) is 0 Å². The van der Waals surface area contributed by atoms with Crippen molar-refractivity contribution in [3.05, 3.63) is 11.1 Å². The van der Waals surface area contributed by atoms with E-state index in [9.17, 15) is 0 Å². The average Bonchev–Trinajstić information content (AvgIpc) is 2.53. The maximum absolute atomic E-state index is 5.58. The summed E-state index contributed by atoms with van der Waals surface area (Å²) in [6.45, 7) is 0.868. The van der Waals surface area contributed by atoms with Gasteiger partial charge in [0.1, 0.15) is 5.82 Å². The molecule has 5 heteroatoms. The number of nitrogens with zero attached hydrogens (tertiary/aromatic N) is 2. The lowest BCUT2D eigenvalue weighted by atomic mass is 10.1. The van der Waals surface area contributed by atoms with Crippen LogP contribution < -0.4 is 0 Å². The van der Waals surface area contributed by atoms with Crippen molar-refractivity contribution in [3.8, 4) is 0 Å². The number of halogens is 1. The largest absolute Gasteiger partial charge is 0.378 e. The summed E-state index contributed by atoms with van der Waals surface area (Å²) >= 11 is 5.58. The number of H-pyrrole nitrogens is 1. The Kier molecular flexibility index (Phi) is 2.80. The first-order valence-electron chi connectivity index (χ1n) is 4.53. The number of nitrogens with one attached hydrogen (secondary N) is 1. The highest BCUT2D eigenvalue weighted by molar-refractivity contribution is 6.28. The summed E-state index contributed by atoms with van der Waals surface area (Å²) < 4.78 is 5.56. The molecule has 1 fully saturated rings. The van der Waals surface area contributed by atoms with Gasteiger partial charge in [-0.2, -0.15) is 0 Å². The monoisotopic (exact) mass is 201 g/mol. The highest BCUT2D eigenvalue weighted by atomic mass is 35.5. The fourth-order valence-corrected chi connectivity index (χ4v) is 1.69. The second kappa shape index (κ2) is 4.07. The van der Waals surface area contributed by atoms with Gasteiger partial charge in [0.25, 0.3) is 0 Å². The number of aromatic amines is 1. The molecule has 72 valence electrons. The van der Waals surface area contributed by atoms with Gasteiger partial charge in [0.05, 0.1) is 6.10 Å². The molecule has 0 aromatic carbocycles. The standard InChI is InChI=1S/C8H12ClN3O/c9-8-10-7(11-12-8)5-6-3-1-2-4-13-6/h6H,1-5H2,(H,10,11,12). The normalized spacial score (nSPS) is 23.3. The molecule has 4 nitrogen and oxygen atoms in total. The van der Waals surface area contributed by atoms with Gasteiger partial charge in [0, 0.05) is 13.0 Å². The Hall–Kier alpha value is -0.610. The third-order valence-electron chi connectivity index (χ3n) is 2.20. The lowest BCUT2D eigenvalue weighted by Crippen LogP contribution is -2.21. The minimum Gasteiger partial charge on any atom is -0.378 e. The SMILES string of the molecule is Clc1n[nH]c(CC2CCCCO2)n1. The van der Waals surface area contributed by atoms with E-state index in [1.54, 1.807) is 0 Å². The van der Waals surface area contributed by atoms with Gasteiger partial charge in [-0.05, 0) is 30.9 Å². The smallest absolute Gasteiger partial charge is 0.242 e. The zero-order valence-corrected chi connectivity index (χ0v) is 8.05. The lowest BCUT2D eigenvalue weighted by Gasteiger charge is -2.21. The molecule has 0 amide bonds. The number of hydrogen-bond acceptors (Lipinski definition) is 3. The molecule has 1 unspecified atom stereocenters. The molecule has 0 radical (unpaired) electrons. The van der Waals surface area contributed by atoms with Crippen molar-refractivity contribution in [1.29, 1.82) is 0 Å². The van der Waals surface area contributed by atoms with E-state index in [1.807, 2.05) is 0 Å². The van der Waals surface area contributed by atoms with E-state index >= 15 is 0 Å². The average molecular weight is 202 g/mol. The third-order valence-corrected chi connectivity index (χ3v) is 2.37. The van der Waals surface area contributed by atoms with Crippen LogP contribution in [0.1, 0.15) is 25.1 Å².